The van der Waals surface area contributed by atoms with E-state index < -0.39 is 6.10 Å². The van der Waals surface area contributed by atoms with Gasteiger partial charge in [-0.15, -0.1) is 0 Å². The number of β-amino-alcohol motifs (C(OH)–C–C–N with tert-alkyl or cyclic N) is 1. The number of nitrogens with one attached hydrogen (secondary N) is 2. The Hall–Kier alpha value is -3.87. The van der Waals surface area contributed by atoms with Gasteiger partial charge in [-0.05, 0) is 68.8 Å². The molecule has 1 saturated heterocycles. The fourth-order valence-corrected chi connectivity index (χ4v) is 4.10. The molecule has 0 bridgehead atoms. The van der Waals surface area contributed by atoms with Gasteiger partial charge in [0.2, 0.25) is 0 Å². The van der Waals surface area contributed by atoms with Crippen LogP contribution in [0.5, 0.6) is 17.2 Å². The highest BCUT2D eigenvalue weighted by Gasteiger charge is 2.18. The van der Waals surface area contributed by atoms with Crippen molar-refractivity contribution in [3.05, 3.63) is 53.7 Å². The monoisotopic (exact) mass is 475 g/mol. The molecule has 0 radical (unpaired) electrons. The molecule has 2 heterocycles. The molecule has 0 spiro atoms. The first kappa shape index (κ1) is 24.3. The molecular formula is C26H29N5O4. The van der Waals surface area contributed by atoms with Gasteiger partial charge in [0.25, 0.3) is 0 Å². The van der Waals surface area contributed by atoms with Crippen LogP contribution in [-0.2, 0) is 0 Å². The van der Waals surface area contributed by atoms with Gasteiger partial charge in [0.05, 0.1) is 11.1 Å². The molecule has 2 amide bonds. The Balaban J connectivity index is 1.51. The number of benzene rings is 2. The van der Waals surface area contributed by atoms with E-state index in [1.165, 1.54) is 0 Å². The van der Waals surface area contributed by atoms with Crippen LogP contribution in [0.15, 0.2) is 42.6 Å². The van der Waals surface area contributed by atoms with E-state index in [0.29, 0.717) is 45.9 Å². The molecular weight excluding hydrogens is 446 g/mol. The topological polar surface area (TPSA) is 120 Å². The molecule has 4 rings (SSSR count). The lowest BCUT2D eigenvalue weighted by atomic mass is 10.1. The van der Waals surface area contributed by atoms with E-state index in [1.807, 2.05) is 13.0 Å². The van der Waals surface area contributed by atoms with Gasteiger partial charge < -0.3 is 30.1 Å². The van der Waals surface area contributed by atoms with Crippen LogP contribution >= 0.6 is 0 Å². The fourth-order valence-electron chi connectivity index (χ4n) is 4.10. The average molecular weight is 476 g/mol. The number of aliphatic hydroxyl groups is 1. The first-order valence-electron chi connectivity index (χ1n) is 11.6. The molecule has 1 fully saturated rings. The minimum Gasteiger partial charge on any atom is -0.489 e. The summed E-state index contributed by atoms with van der Waals surface area (Å²) < 4.78 is 11.9. The van der Waals surface area contributed by atoms with Gasteiger partial charge in [-0.1, -0.05) is 0 Å². The smallest absolute Gasteiger partial charge is 0.318 e. The van der Waals surface area contributed by atoms with Crippen molar-refractivity contribution in [3.63, 3.8) is 0 Å². The Labute approximate surface area is 204 Å². The summed E-state index contributed by atoms with van der Waals surface area (Å²) in [6.45, 7) is 4.52. The summed E-state index contributed by atoms with van der Waals surface area (Å²) in [7, 11) is 1.55. The van der Waals surface area contributed by atoms with Crippen LogP contribution in [0.25, 0.3) is 10.9 Å². The molecule has 1 aliphatic rings. The Bertz CT molecular complexity index is 1250. The predicted octanol–water partition coefficient (Wildman–Crippen LogP) is 3.79. The zero-order valence-corrected chi connectivity index (χ0v) is 19.9. The molecule has 0 aliphatic carbocycles. The lowest BCUT2D eigenvalue weighted by Gasteiger charge is -2.20. The summed E-state index contributed by atoms with van der Waals surface area (Å²) in [5, 5.41) is 26.0. The Morgan fingerprint density at radius 2 is 2.03 bits per heavy atom. The highest BCUT2D eigenvalue weighted by atomic mass is 16.5. The normalized spacial score (nSPS) is 14.3. The van der Waals surface area contributed by atoms with Gasteiger partial charge >= 0.3 is 6.03 Å². The van der Waals surface area contributed by atoms with E-state index in [-0.39, 0.29) is 12.6 Å². The van der Waals surface area contributed by atoms with Crippen molar-refractivity contribution >= 4 is 22.6 Å². The number of fused-ring (bicyclic) bond motifs is 1. The first-order valence-corrected chi connectivity index (χ1v) is 11.6. The quantitative estimate of drug-likeness (QED) is 0.453. The molecule has 2 aromatic carbocycles. The number of nitrogens with zero attached hydrogens (tertiary/aromatic N) is 3. The van der Waals surface area contributed by atoms with Crippen LogP contribution in [0.2, 0.25) is 0 Å². The van der Waals surface area contributed by atoms with Crippen LogP contribution in [0, 0.1) is 18.3 Å². The number of likely N-dealkylation sites (tertiary alicyclic amines) is 1. The minimum atomic E-state index is -0.637. The largest absolute Gasteiger partial charge is 0.489 e. The summed E-state index contributed by atoms with van der Waals surface area (Å²) in [6.07, 6.45) is 3.30. The molecule has 1 aliphatic heterocycles. The predicted molar refractivity (Wildman–Crippen MR) is 133 cm³/mol. The summed E-state index contributed by atoms with van der Waals surface area (Å²) in [5.74, 6) is 1.51. The number of anilines is 1. The number of urea groups is 1. The van der Waals surface area contributed by atoms with E-state index in [4.69, 9.17) is 9.47 Å². The number of amides is 2. The van der Waals surface area contributed by atoms with Crippen molar-refractivity contribution in [2.45, 2.75) is 25.9 Å². The van der Waals surface area contributed by atoms with Gasteiger partial charge in [-0.3, -0.25) is 4.98 Å². The van der Waals surface area contributed by atoms with Crippen LogP contribution in [0.4, 0.5) is 10.5 Å². The molecule has 1 aromatic heterocycles. The molecule has 1 atom stereocenters. The number of carbonyl (C=O) groups is 1. The maximum atomic E-state index is 11.6. The van der Waals surface area contributed by atoms with Crippen LogP contribution in [0.1, 0.15) is 24.0 Å². The second-order valence-electron chi connectivity index (χ2n) is 8.54. The van der Waals surface area contributed by atoms with Crippen molar-refractivity contribution in [1.29, 1.82) is 5.26 Å². The lowest BCUT2D eigenvalue weighted by Crippen LogP contribution is -2.33. The molecule has 3 aromatic rings. The van der Waals surface area contributed by atoms with E-state index in [9.17, 15) is 15.2 Å². The maximum absolute atomic E-state index is 11.6. The number of hydrogen-bond donors (Lipinski definition) is 3. The van der Waals surface area contributed by atoms with Gasteiger partial charge in [0, 0.05) is 36.9 Å². The maximum Gasteiger partial charge on any atom is 0.318 e. The van der Waals surface area contributed by atoms with Gasteiger partial charge in [-0.25, -0.2) is 4.79 Å². The summed E-state index contributed by atoms with van der Waals surface area (Å²) >= 11 is 0. The number of aromatic nitrogens is 1. The number of ether oxygens (including phenoxy) is 2. The molecule has 0 saturated carbocycles. The third-order valence-corrected chi connectivity index (χ3v) is 5.92. The standard InChI is InChI=1S/C26H29N5O4/c1-17-11-20(5-6-22(17)30-26(33)28-2)35-24-7-8-29-23-13-25(18(14-27)12-21(23)24)34-16-19(32)15-31-9-3-4-10-31/h5-8,11-13,19,32H,3-4,9-10,15-16H2,1-2H3,(H2,28,30,33)/t19-/m1/s1. The number of rotatable bonds is 8. The Kier molecular flexibility index (Phi) is 7.65. The first-order chi connectivity index (χ1) is 17.0. The van der Waals surface area contributed by atoms with Crippen molar-refractivity contribution in [3.8, 4) is 23.3 Å². The van der Waals surface area contributed by atoms with Crippen molar-refractivity contribution < 1.29 is 19.4 Å². The second kappa shape index (κ2) is 11.0. The third kappa shape index (κ3) is 5.98. The minimum absolute atomic E-state index is 0.0998. The van der Waals surface area contributed by atoms with E-state index in [0.717, 1.165) is 31.5 Å². The molecule has 9 heteroatoms. The number of hydrogen-bond acceptors (Lipinski definition) is 7. The van der Waals surface area contributed by atoms with Crippen molar-refractivity contribution in [1.82, 2.24) is 15.2 Å². The van der Waals surface area contributed by atoms with E-state index >= 15 is 0 Å². The number of aliphatic hydroxyl groups excluding tert-OH is 1. The third-order valence-electron chi connectivity index (χ3n) is 5.92. The van der Waals surface area contributed by atoms with Gasteiger partial charge in [-0.2, -0.15) is 5.26 Å². The van der Waals surface area contributed by atoms with Gasteiger partial charge in [0.15, 0.2) is 0 Å². The van der Waals surface area contributed by atoms with Crippen molar-refractivity contribution in [2.75, 3.05) is 38.6 Å². The zero-order valence-electron chi connectivity index (χ0n) is 19.9. The number of aryl methyl sites for hydroxylation is 1. The second-order valence-corrected chi connectivity index (χ2v) is 8.54. The summed E-state index contributed by atoms with van der Waals surface area (Å²) in [4.78, 5) is 18.2. The summed E-state index contributed by atoms with van der Waals surface area (Å²) in [5.41, 5.74) is 2.47. The fraction of sp³-hybridized carbons (Fsp3) is 0.346. The summed E-state index contributed by atoms with van der Waals surface area (Å²) in [6, 6.07) is 12.3. The molecule has 182 valence electrons. The zero-order chi connectivity index (χ0) is 24.8. The highest BCUT2D eigenvalue weighted by Crippen LogP contribution is 2.34. The molecule has 0 unspecified atom stereocenters. The van der Waals surface area contributed by atoms with Crippen LogP contribution in [-0.4, -0.2) is 60.4 Å². The van der Waals surface area contributed by atoms with Crippen LogP contribution in [0.3, 0.4) is 0 Å². The average Bonchev–Trinajstić information content (AvgIpc) is 3.37. The van der Waals surface area contributed by atoms with Crippen LogP contribution < -0.4 is 20.1 Å². The lowest BCUT2D eigenvalue weighted by molar-refractivity contribution is 0.0758. The van der Waals surface area contributed by atoms with E-state index in [1.54, 1.807) is 43.6 Å². The Morgan fingerprint density at radius 3 is 2.74 bits per heavy atom. The number of pyridine rings is 1. The van der Waals surface area contributed by atoms with Gasteiger partial charge in [0.1, 0.15) is 36.0 Å². The van der Waals surface area contributed by atoms with Crippen molar-refractivity contribution in [2.24, 2.45) is 0 Å². The Morgan fingerprint density at radius 1 is 1.23 bits per heavy atom. The molecule has 35 heavy (non-hydrogen) atoms. The molecule has 3 N–H and O–H groups in total. The highest BCUT2D eigenvalue weighted by molar-refractivity contribution is 5.90. The SMILES string of the molecule is CNC(=O)Nc1ccc(Oc2ccnc3cc(OC[C@H](O)CN4CCCC4)c(C#N)cc23)cc1C. The number of carbonyl (C=O) groups excluding carboxylic acids is 1. The number of nitriles is 1. The van der Waals surface area contributed by atoms with E-state index in [2.05, 4.69) is 26.6 Å². The molecule has 9 nitrogen and oxygen atoms in total.